The van der Waals surface area contributed by atoms with E-state index in [0.717, 1.165) is 69.9 Å². The van der Waals surface area contributed by atoms with E-state index in [9.17, 15) is 0 Å². The van der Waals surface area contributed by atoms with Crippen molar-refractivity contribution < 1.29 is 4.74 Å². The molecule has 2 unspecified atom stereocenters. The van der Waals surface area contributed by atoms with Crippen molar-refractivity contribution >= 4 is 11.6 Å². The number of piperazine rings is 1. The zero-order chi connectivity index (χ0) is 19.1. The van der Waals surface area contributed by atoms with Crippen LogP contribution in [0.25, 0.3) is 0 Å². The highest BCUT2D eigenvalue weighted by molar-refractivity contribution is 5.80. The number of anilines is 1. The smallest absolute Gasteiger partial charge is 0.191 e. The van der Waals surface area contributed by atoms with Crippen LogP contribution in [-0.4, -0.2) is 69.8 Å². The van der Waals surface area contributed by atoms with Gasteiger partial charge in [-0.05, 0) is 49.9 Å². The molecule has 6 nitrogen and oxygen atoms in total. The quantitative estimate of drug-likeness (QED) is 0.416. The van der Waals surface area contributed by atoms with Crippen molar-refractivity contribution in [1.82, 2.24) is 15.5 Å². The second kappa shape index (κ2) is 9.83. The van der Waals surface area contributed by atoms with E-state index in [4.69, 9.17) is 9.73 Å². The molecule has 1 saturated carbocycles. The van der Waals surface area contributed by atoms with Gasteiger partial charge < -0.3 is 20.3 Å². The molecular formula is C21H35N5O. The molecule has 1 aromatic rings. The first-order valence-corrected chi connectivity index (χ1v) is 10.4. The molecule has 1 saturated heterocycles. The lowest BCUT2D eigenvalue weighted by molar-refractivity contribution is 0.256. The minimum Gasteiger partial charge on any atom is -0.497 e. The third-order valence-electron chi connectivity index (χ3n) is 5.49. The molecule has 0 bridgehead atoms. The fraction of sp³-hybridized carbons (Fsp3) is 0.667. The van der Waals surface area contributed by atoms with Gasteiger partial charge in [-0.25, -0.2) is 0 Å². The Morgan fingerprint density at radius 1 is 1.19 bits per heavy atom. The lowest BCUT2D eigenvalue weighted by Crippen LogP contribution is -2.46. The fourth-order valence-corrected chi connectivity index (χ4v) is 3.53. The standard InChI is InChI=1S/C21H35N5O/c1-4-22-21(24-20-16-17(20)2)23-10-5-11-25-12-14-26(15-13-25)18-6-8-19(27-3)9-7-18/h6-9,17,20H,4-5,10-16H2,1-3H3,(H2,22,23,24). The number of guanidine groups is 1. The lowest BCUT2D eigenvalue weighted by atomic mass is 10.2. The SMILES string of the molecule is CCNC(=NCCCN1CCN(c2ccc(OC)cc2)CC1)NC1CC1C. The predicted molar refractivity (Wildman–Crippen MR) is 113 cm³/mol. The first-order valence-electron chi connectivity index (χ1n) is 10.4. The van der Waals surface area contributed by atoms with Crippen molar-refractivity contribution in [1.29, 1.82) is 0 Å². The molecular weight excluding hydrogens is 338 g/mol. The van der Waals surface area contributed by atoms with Gasteiger partial charge in [-0.2, -0.15) is 0 Å². The van der Waals surface area contributed by atoms with Crippen LogP contribution in [0.3, 0.4) is 0 Å². The summed E-state index contributed by atoms with van der Waals surface area (Å²) < 4.78 is 5.24. The van der Waals surface area contributed by atoms with Crippen molar-refractivity contribution in [3.05, 3.63) is 24.3 Å². The van der Waals surface area contributed by atoms with Gasteiger partial charge in [0.05, 0.1) is 7.11 Å². The third-order valence-corrected chi connectivity index (χ3v) is 5.49. The topological polar surface area (TPSA) is 52.1 Å². The van der Waals surface area contributed by atoms with E-state index >= 15 is 0 Å². The van der Waals surface area contributed by atoms with Crippen molar-refractivity contribution in [3.63, 3.8) is 0 Å². The summed E-state index contributed by atoms with van der Waals surface area (Å²) in [6, 6.07) is 9.00. The van der Waals surface area contributed by atoms with Crippen molar-refractivity contribution in [2.24, 2.45) is 10.9 Å². The van der Waals surface area contributed by atoms with E-state index in [1.54, 1.807) is 7.11 Å². The van der Waals surface area contributed by atoms with Gasteiger partial charge in [0.25, 0.3) is 0 Å². The number of ether oxygens (including phenoxy) is 1. The molecule has 1 heterocycles. The number of nitrogens with one attached hydrogen (secondary N) is 2. The molecule has 1 aliphatic heterocycles. The Bertz CT molecular complexity index is 595. The van der Waals surface area contributed by atoms with Gasteiger partial charge in [0.15, 0.2) is 5.96 Å². The number of aliphatic imine (C=N–C) groups is 1. The molecule has 2 aliphatic rings. The second-order valence-corrected chi connectivity index (χ2v) is 7.60. The van der Waals surface area contributed by atoms with Crippen LogP contribution in [0.15, 0.2) is 29.3 Å². The third kappa shape index (κ3) is 6.03. The highest BCUT2D eigenvalue weighted by Crippen LogP contribution is 2.28. The minimum atomic E-state index is 0.619. The van der Waals surface area contributed by atoms with Gasteiger partial charge in [0.1, 0.15) is 5.75 Å². The molecule has 2 fully saturated rings. The van der Waals surface area contributed by atoms with Crippen LogP contribution in [0.4, 0.5) is 5.69 Å². The Morgan fingerprint density at radius 2 is 1.89 bits per heavy atom. The van der Waals surface area contributed by atoms with E-state index in [1.165, 1.54) is 12.1 Å². The molecule has 2 N–H and O–H groups in total. The summed E-state index contributed by atoms with van der Waals surface area (Å²) in [5.74, 6) is 2.69. The monoisotopic (exact) mass is 373 g/mol. The van der Waals surface area contributed by atoms with Crippen LogP contribution in [0.1, 0.15) is 26.7 Å². The van der Waals surface area contributed by atoms with Gasteiger partial charge in [-0.3, -0.25) is 9.89 Å². The highest BCUT2D eigenvalue weighted by Gasteiger charge is 2.33. The van der Waals surface area contributed by atoms with Crippen LogP contribution in [-0.2, 0) is 0 Å². The molecule has 0 amide bonds. The van der Waals surface area contributed by atoms with E-state index < -0.39 is 0 Å². The fourth-order valence-electron chi connectivity index (χ4n) is 3.53. The minimum absolute atomic E-state index is 0.619. The average molecular weight is 374 g/mol. The predicted octanol–water partition coefficient (Wildman–Crippen LogP) is 2.17. The molecule has 1 aliphatic carbocycles. The van der Waals surface area contributed by atoms with Crippen LogP contribution >= 0.6 is 0 Å². The van der Waals surface area contributed by atoms with Gasteiger partial charge in [0.2, 0.25) is 0 Å². The molecule has 0 radical (unpaired) electrons. The van der Waals surface area contributed by atoms with Gasteiger partial charge >= 0.3 is 0 Å². The molecule has 27 heavy (non-hydrogen) atoms. The average Bonchev–Trinajstić information content (AvgIpc) is 3.40. The first kappa shape index (κ1) is 19.8. The molecule has 6 heteroatoms. The number of methoxy groups -OCH3 is 1. The number of benzene rings is 1. The van der Waals surface area contributed by atoms with Crippen molar-refractivity contribution in [2.75, 3.05) is 57.8 Å². The first-order chi connectivity index (χ1) is 13.2. The number of hydrogen-bond donors (Lipinski definition) is 2. The maximum absolute atomic E-state index is 5.24. The van der Waals surface area contributed by atoms with E-state index in [0.29, 0.717) is 6.04 Å². The van der Waals surface area contributed by atoms with Gasteiger partial charge in [-0.15, -0.1) is 0 Å². The zero-order valence-electron chi connectivity index (χ0n) is 17.1. The Balaban J connectivity index is 1.35. The van der Waals surface area contributed by atoms with E-state index in [1.807, 2.05) is 12.1 Å². The summed E-state index contributed by atoms with van der Waals surface area (Å²) >= 11 is 0. The summed E-state index contributed by atoms with van der Waals surface area (Å²) in [5, 5.41) is 6.88. The molecule has 1 aromatic carbocycles. The van der Waals surface area contributed by atoms with E-state index in [2.05, 4.69) is 46.4 Å². The van der Waals surface area contributed by atoms with E-state index in [-0.39, 0.29) is 0 Å². The maximum atomic E-state index is 5.24. The van der Waals surface area contributed by atoms with Crippen molar-refractivity contribution in [3.8, 4) is 5.75 Å². The van der Waals surface area contributed by atoms with Crippen LogP contribution in [0.5, 0.6) is 5.75 Å². The maximum Gasteiger partial charge on any atom is 0.191 e. The lowest BCUT2D eigenvalue weighted by Gasteiger charge is -2.36. The number of rotatable bonds is 8. The normalized spacial score (nSPS) is 23.2. The Hall–Kier alpha value is -1.95. The van der Waals surface area contributed by atoms with Crippen LogP contribution in [0, 0.1) is 5.92 Å². The Labute approximate surface area is 164 Å². The number of hydrogen-bond acceptors (Lipinski definition) is 4. The highest BCUT2D eigenvalue weighted by atomic mass is 16.5. The Kier molecular flexibility index (Phi) is 7.21. The molecule has 150 valence electrons. The molecule has 3 rings (SSSR count). The van der Waals surface area contributed by atoms with Crippen molar-refractivity contribution in [2.45, 2.75) is 32.7 Å². The summed E-state index contributed by atoms with van der Waals surface area (Å²) in [7, 11) is 1.71. The summed E-state index contributed by atoms with van der Waals surface area (Å²) in [6.07, 6.45) is 2.38. The summed E-state index contributed by atoms with van der Waals surface area (Å²) in [5.41, 5.74) is 1.29. The number of nitrogens with zero attached hydrogens (tertiary/aromatic N) is 3. The second-order valence-electron chi connectivity index (χ2n) is 7.60. The van der Waals surface area contributed by atoms with Crippen LogP contribution in [0.2, 0.25) is 0 Å². The molecule has 0 aromatic heterocycles. The largest absolute Gasteiger partial charge is 0.497 e. The zero-order valence-corrected chi connectivity index (χ0v) is 17.1. The van der Waals surface area contributed by atoms with Crippen LogP contribution < -0.4 is 20.3 Å². The Morgan fingerprint density at radius 3 is 2.48 bits per heavy atom. The van der Waals surface area contributed by atoms with Gasteiger partial charge in [0, 0.05) is 57.5 Å². The molecule has 0 spiro atoms. The summed E-state index contributed by atoms with van der Waals surface area (Å²) in [6.45, 7) is 11.7. The molecule has 2 atom stereocenters. The van der Waals surface area contributed by atoms with Gasteiger partial charge in [-0.1, -0.05) is 6.92 Å². The summed E-state index contributed by atoms with van der Waals surface area (Å²) in [4.78, 5) is 9.75.